The minimum absolute atomic E-state index is 0.0615. The van der Waals surface area contributed by atoms with E-state index >= 15 is 0 Å². The van der Waals surface area contributed by atoms with Crippen LogP contribution in [0.4, 0.5) is 29.4 Å². The van der Waals surface area contributed by atoms with E-state index in [1.807, 2.05) is 4.98 Å². The lowest BCUT2D eigenvalue weighted by Crippen LogP contribution is -2.39. The van der Waals surface area contributed by atoms with Crippen molar-refractivity contribution in [2.75, 3.05) is 68.3 Å². The Morgan fingerprint density at radius 3 is 1.28 bits per heavy atom. The summed E-state index contributed by atoms with van der Waals surface area (Å²) in [5.41, 5.74) is 21.5. The van der Waals surface area contributed by atoms with Crippen LogP contribution >= 0.6 is 39.1 Å². The molecule has 6 aliphatic rings. The quantitative estimate of drug-likeness (QED) is 0.0174. The third-order valence-electron chi connectivity index (χ3n) is 19.9. The van der Waals surface area contributed by atoms with E-state index in [4.69, 9.17) is 102 Å². The Morgan fingerprint density at radius 1 is 0.400 bits per heavy atom. The highest BCUT2D eigenvalue weighted by atomic mass is 31.2. The molecular formula is C57H72N23O40P5. The van der Waals surface area contributed by atoms with Gasteiger partial charge in [-0.15, -0.1) is 0 Å². The van der Waals surface area contributed by atoms with Gasteiger partial charge in [0.2, 0.25) is 11.9 Å². The predicted octanol–water partition coefficient (Wildman–Crippen LogP) is -9.52. The van der Waals surface area contributed by atoms with Gasteiger partial charge in [0.25, 0.3) is 16.7 Å². The predicted molar refractivity (Wildman–Crippen MR) is 398 cm³/mol. The number of nitrogens with zero attached hydrogens (tertiary/aromatic N) is 15. The van der Waals surface area contributed by atoms with Crippen molar-refractivity contribution >= 4 is 102 Å². The van der Waals surface area contributed by atoms with Crippen LogP contribution in [0.25, 0.3) is 33.5 Å². The molecule has 0 amide bonds. The van der Waals surface area contributed by atoms with E-state index in [2.05, 4.69) is 54.8 Å². The maximum Gasteiger partial charge on any atom is 0.472 e. The Hall–Kier alpha value is -9.32. The highest BCUT2D eigenvalue weighted by Crippen LogP contribution is 2.57. The molecule has 680 valence electrons. The number of hydrogen-bond donors (Lipinski definition) is 21. The number of phosphoric ester groups is 5. The summed E-state index contributed by atoms with van der Waals surface area (Å²) >= 11 is 0. The van der Waals surface area contributed by atoms with E-state index in [-0.39, 0.29) is 39.8 Å². The van der Waals surface area contributed by atoms with E-state index in [1.165, 1.54) is 0 Å². The molecule has 5 unspecified atom stereocenters. The van der Waals surface area contributed by atoms with Crippen LogP contribution in [0.5, 0.6) is 0 Å². The van der Waals surface area contributed by atoms with Gasteiger partial charge in [0.1, 0.15) is 139 Å². The lowest BCUT2D eigenvalue weighted by Gasteiger charge is -2.27. The highest BCUT2D eigenvalue weighted by Gasteiger charge is 2.58. The first kappa shape index (κ1) is 90.5. The molecule has 9 aromatic rings. The second-order valence-electron chi connectivity index (χ2n) is 27.9. The number of anilines is 5. The Morgan fingerprint density at radius 2 is 0.800 bits per heavy atom. The average molecular weight is 1870 g/mol. The van der Waals surface area contributed by atoms with Crippen molar-refractivity contribution in [3.8, 4) is 0 Å². The van der Waals surface area contributed by atoms with Crippen LogP contribution in [0.1, 0.15) is 37.4 Å². The summed E-state index contributed by atoms with van der Waals surface area (Å²) in [6.45, 7) is -7.75. The molecule has 68 heteroatoms. The minimum atomic E-state index is -6.02. The lowest BCUT2D eigenvalue weighted by atomic mass is 10.1. The average Bonchev–Trinajstić information content (AvgIpc) is 1.59. The summed E-state index contributed by atoms with van der Waals surface area (Å²) in [5.74, 6) is -1.83. The first-order valence-electron chi connectivity index (χ1n) is 35.9. The van der Waals surface area contributed by atoms with Gasteiger partial charge in [0.15, 0.2) is 65.6 Å². The van der Waals surface area contributed by atoms with E-state index < -0.39 is 283 Å². The molecule has 9 aromatic heterocycles. The number of aromatic nitrogens is 18. The Labute approximate surface area is 688 Å². The number of nitrogens with two attached hydrogens (primary N) is 5. The molecule has 125 heavy (non-hydrogen) atoms. The molecule has 6 saturated heterocycles. The van der Waals surface area contributed by atoms with Crippen molar-refractivity contribution < 1.29 is 162 Å². The van der Waals surface area contributed by atoms with Gasteiger partial charge in [-0.1, -0.05) is 0 Å². The minimum Gasteiger partial charge on any atom is -0.394 e. The van der Waals surface area contributed by atoms with Gasteiger partial charge < -0.3 is 122 Å². The number of imidazole rings is 3. The van der Waals surface area contributed by atoms with Gasteiger partial charge in [-0.25, -0.2) is 62.1 Å². The Kier molecular flexibility index (Phi) is 25.4. The zero-order chi connectivity index (χ0) is 89.7. The first-order chi connectivity index (χ1) is 59.0. The van der Waals surface area contributed by atoms with Crippen LogP contribution in [-0.2, 0) is 96.5 Å². The summed E-state index contributed by atoms with van der Waals surface area (Å²) in [6.07, 6.45) is -43.1. The number of phosphoric acid groups is 5. The molecule has 0 aliphatic carbocycles. The van der Waals surface area contributed by atoms with Crippen molar-refractivity contribution in [1.29, 1.82) is 0 Å². The third-order valence-corrected chi connectivity index (χ3v) is 24.8. The Balaban J connectivity index is 0.653. The zero-order valence-electron chi connectivity index (χ0n) is 62.5. The number of aliphatic hydroxyl groups excluding tert-OH is 8. The fraction of sp³-hybridized carbons (Fsp3) is 0.526. The fourth-order valence-electron chi connectivity index (χ4n) is 14.2. The molecule has 29 atom stereocenters. The van der Waals surface area contributed by atoms with E-state index in [0.717, 1.165) is 80.4 Å². The van der Waals surface area contributed by atoms with Gasteiger partial charge in [-0.3, -0.25) is 102 Å². The van der Waals surface area contributed by atoms with Crippen LogP contribution in [0, 0.1) is 0 Å². The van der Waals surface area contributed by atoms with Gasteiger partial charge in [0.05, 0.1) is 58.6 Å². The van der Waals surface area contributed by atoms with Crippen molar-refractivity contribution in [3.05, 3.63) is 125 Å². The number of fused-ring (bicyclic) bond motifs is 3. The number of aromatic amines is 3. The van der Waals surface area contributed by atoms with Gasteiger partial charge in [-0.2, -0.15) is 19.9 Å². The van der Waals surface area contributed by atoms with Crippen molar-refractivity contribution in [2.45, 2.75) is 147 Å². The summed E-state index contributed by atoms with van der Waals surface area (Å²) in [5, 5.41) is 91.1. The number of H-pyrrole nitrogens is 3. The largest absolute Gasteiger partial charge is 0.472 e. The SMILES string of the molecule is Nc1ccn([C@@H]2O[C@H](COP(=O)(O)O[C@H]3[C@@H](O)[C@H](n4ccc(=O)nc4N)O[C@@H]3CO)[C@@H](OP(=O)(O)OC[C@H]3O[C@@H](n4cnc5c(N)ncnc54)[C@H](O)[C@@H]3OP(=O)(O)OC[C@H]3O[C@@H](n4ccc(=O)[nH]c4=O)[C@H](O)[C@@H]3OP(=O)(O)OC[C@H]3O[C@@H](n4cnc5c(=O)[nH]c(N)nc54)[C@H](O)[C@@H]3OP(=O)(O)OC[C@H]3O[C@@H](n4cnc5c(N)[nH]c(=O)nc54)[C@H](O)[C@@H]3O)[C@H]2O)c(=O)n1. The van der Waals surface area contributed by atoms with Crippen molar-refractivity contribution in [3.63, 3.8) is 0 Å². The summed E-state index contributed by atoms with van der Waals surface area (Å²) in [7, 11) is -29.3. The van der Waals surface area contributed by atoms with Gasteiger partial charge >= 0.3 is 56.2 Å². The van der Waals surface area contributed by atoms with E-state index in [0.29, 0.717) is 9.13 Å². The lowest BCUT2D eigenvalue weighted by molar-refractivity contribution is -0.0658. The summed E-state index contributed by atoms with van der Waals surface area (Å²) in [6, 6.07) is 2.71. The van der Waals surface area contributed by atoms with E-state index in [9.17, 15) is 117 Å². The molecule has 0 aromatic carbocycles. The number of ether oxygens (including phenoxy) is 6. The highest BCUT2D eigenvalue weighted by molar-refractivity contribution is 7.48. The molecule has 0 bridgehead atoms. The first-order valence-corrected chi connectivity index (χ1v) is 43.4. The maximum atomic E-state index is 14.5. The second kappa shape index (κ2) is 35.0. The number of rotatable bonds is 32. The molecule has 0 radical (unpaired) electrons. The number of hydrogen-bond acceptors (Lipinski definition) is 49. The second-order valence-corrected chi connectivity index (χ2v) is 34.9. The molecule has 0 saturated carbocycles. The number of nitrogen functional groups attached to an aromatic ring is 5. The molecule has 6 fully saturated rings. The van der Waals surface area contributed by atoms with Crippen LogP contribution in [-0.4, -0.2) is 302 Å². The number of aliphatic hydroxyl groups is 8. The van der Waals surface area contributed by atoms with Crippen molar-refractivity contribution in [2.24, 2.45) is 0 Å². The number of nitrogens with one attached hydrogen (secondary N) is 3. The van der Waals surface area contributed by atoms with Crippen LogP contribution in [0.15, 0.2) is 90.9 Å². The Bertz CT molecular complexity index is 6200. The molecule has 15 heterocycles. The van der Waals surface area contributed by atoms with Crippen LogP contribution < -0.4 is 62.4 Å². The van der Waals surface area contributed by atoms with Crippen molar-refractivity contribution in [1.82, 2.24) is 87.2 Å². The fourth-order valence-corrected chi connectivity index (χ4v) is 19.0. The zero-order valence-corrected chi connectivity index (χ0v) is 67.0. The van der Waals surface area contributed by atoms with Crippen LogP contribution in [0.3, 0.4) is 0 Å². The normalized spacial score (nSPS) is 32.6. The molecule has 6 aliphatic heterocycles. The summed E-state index contributed by atoms with van der Waals surface area (Å²) < 4.78 is 164. The smallest absolute Gasteiger partial charge is 0.394 e. The molecule has 63 nitrogen and oxygen atoms in total. The summed E-state index contributed by atoms with van der Waals surface area (Å²) in [4.78, 5) is 174. The van der Waals surface area contributed by atoms with Crippen LogP contribution in [0.2, 0.25) is 0 Å². The van der Waals surface area contributed by atoms with E-state index in [1.54, 1.807) is 0 Å². The van der Waals surface area contributed by atoms with Gasteiger partial charge in [-0.05, 0) is 6.07 Å². The molecule has 26 N–H and O–H groups in total. The standard InChI is InChI=1S/C57H72N23O40P5/c58-23-1-4-76(56(93)68-23)49-32(87)37(19(112-49)9-106-122(97,98)116-36-17(7-81)110-48(31(36)86)75-5-2-24(82)69-54(75)62)117-123(99,100)108-11-21-39(34(89)51(114-21)78-14-65-26-41(59)63-13-64-43(26)78)120-125(103,104)107-10-20-38(33(88)50(113-20)77-6-3-25(83)70-57(77)94)118-124(101,102)109-12-22-40(35(90)52(115-22)80-16-67-28-45(80)72-53(61)74-46(28)91)119-121(95,96)105-8-18-29(84)30(85)47(111-18)79-15-66-27-42(60)71-55(92)73-44(27)79/h1-6,13-22,29-40,47-52,81,84-90H,7-12H2,(H,95,96)(H,97,98)(H,99,100)(H,101,102)(H,103,104)(H2,58,68,93)(H2,59,63,64)(H2,62,69,82)(H,70,83,94)(H3,60,71,73,92)(H3,61,72,74,91)/t17-,18-,19-,20-,21-,22-,29-,30-,31-,32-,33-,34-,35-,36-,37-,38-,39-,40-,47-,48-,49-,50-,51-,52-/m1/s1. The maximum absolute atomic E-state index is 14.5. The molecular weight excluding hydrogens is 1800 g/mol. The monoisotopic (exact) mass is 1870 g/mol. The third kappa shape index (κ3) is 18.6. The van der Waals surface area contributed by atoms with Gasteiger partial charge in [0, 0.05) is 30.7 Å². The topological polar surface area (TPSA) is 922 Å². The molecule has 0 spiro atoms. The molecule has 15 rings (SSSR count).